The molecule has 1 unspecified atom stereocenters. The fraction of sp³-hybridized carbons (Fsp3) is 0.294. The Morgan fingerprint density at radius 3 is 2.74 bits per heavy atom. The molecular formula is C17H18OS. The van der Waals surface area contributed by atoms with Gasteiger partial charge in [-0.3, -0.25) is 0 Å². The van der Waals surface area contributed by atoms with E-state index < -0.39 is 0 Å². The topological polar surface area (TPSA) is 9.23 Å². The average Bonchev–Trinajstić information content (AvgIpc) is 2.81. The number of ether oxygens (including phenoxy) is 1. The summed E-state index contributed by atoms with van der Waals surface area (Å²) in [7, 11) is 0. The predicted molar refractivity (Wildman–Crippen MR) is 81.2 cm³/mol. The molecule has 2 heteroatoms. The molecule has 0 N–H and O–H groups in total. The zero-order chi connectivity index (χ0) is 13.2. The minimum atomic E-state index is 0.306. The minimum Gasteiger partial charge on any atom is -0.489 e. The summed E-state index contributed by atoms with van der Waals surface area (Å²) in [4.78, 5) is 1.31. The van der Waals surface area contributed by atoms with E-state index in [0.717, 1.165) is 17.9 Å². The molecule has 2 aromatic rings. The van der Waals surface area contributed by atoms with E-state index in [0.29, 0.717) is 6.10 Å². The van der Waals surface area contributed by atoms with Crippen molar-refractivity contribution in [3.8, 4) is 5.75 Å². The Morgan fingerprint density at radius 2 is 1.95 bits per heavy atom. The maximum atomic E-state index is 6.09. The molecule has 1 heterocycles. The van der Waals surface area contributed by atoms with Crippen LogP contribution in [0.15, 0.2) is 47.4 Å². The third-order valence-electron chi connectivity index (χ3n) is 3.41. The van der Waals surface area contributed by atoms with Gasteiger partial charge in [0, 0.05) is 17.1 Å². The predicted octanol–water partition coefficient (Wildman–Crippen LogP) is 4.40. The highest BCUT2D eigenvalue weighted by Crippen LogP contribution is 2.35. The Balaban J connectivity index is 1.66. The van der Waals surface area contributed by atoms with Gasteiger partial charge in [0.05, 0.1) is 0 Å². The van der Waals surface area contributed by atoms with Crippen molar-refractivity contribution in [2.45, 2.75) is 31.3 Å². The smallest absolute Gasteiger partial charge is 0.126 e. The second-order valence-corrected chi connectivity index (χ2v) is 6.23. The van der Waals surface area contributed by atoms with Crippen molar-refractivity contribution >= 4 is 11.8 Å². The van der Waals surface area contributed by atoms with Crippen molar-refractivity contribution < 1.29 is 4.74 Å². The Labute approximate surface area is 119 Å². The zero-order valence-corrected chi connectivity index (χ0v) is 12.2. The van der Waals surface area contributed by atoms with Crippen LogP contribution < -0.4 is 4.74 Å². The number of thioether (sulfide) groups is 1. The van der Waals surface area contributed by atoms with Crippen LogP contribution >= 0.6 is 11.8 Å². The highest BCUT2D eigenvalue weighted by atomic mass is 32.2. The largest absolute Gasteiger partial charge is 0.489 e. The number of fused-ring (bicyclic) bond motifs is 1. The molecule has 0 saturated carbocycles. The van der Waals surface area contributed by atoms with Gasteiger partial charge in [-0.2, -0.15) is 0 Å². The molecule has 1 aliphatic heterocycles. The van der Waals surface area contributed by atoms with Gasteiger partial charge in [0.15, 0.2) is 0 Å². The van der Waals surface area contributed by atoms with Crippen molar-refractivity contribution in [1.82, 2.24) is 0 Å². The molecule has 19 heavy (non-hydrogen) atoms. The Morgan fingerprint density at radius 1 is 1.16 bits per heavy atom. The first-order valence-corrected chi connectivity index (χ1v) is 7.65. The molecule has 0 aliphatic carbocycles. The van der Waals surface area contributed by atoms with Crippen LogP contribution in [-0.2, 0) is 6.42 Å². The number of aryl methyl sites for hydroxylation is 2. The van der Waals surface area contributed by atoms with Gasteiger partial charge in [-0.15, -0.1) is 11.8 Å². The van der Waals surface area contributed by atoms with Gasteiger partial charge in [-0.25, -0.2) is 0 Å². The third kappa shape index (κ3) is 2.79. The summed E-state index contributed by atoms with van der Waals surface area (Å²) < 4.78 is 6.09. The van der Waals surface area contributed by atoms with E-state index in [2.05, 4.69) is 56.3 Å². The van der Waals surface area contributed by atoms with Crippen molar-refractivity contribution in [2.24, 2.45) is 0 Å². The van der Waals surface area contributed by atoms with Crippen LogP contribution in [0, 0.1) is 13.8 Å². The standard InChI is InChI=1S/C17H18OS/c1-12-8-13(2)17-14(9-12)10-15(18-17)11-19-16-6-4-3-5-7-16/h3-9,15H,10-11H2,1-2H3. The van der Waals surface area contributed by atoms with Crippen LogP contribution in [0.3, 0.4) is 0 Å². The molecule has 0 aromatic heterocycles. The number of hydrogen-bond donors (Lipinski definition) is 0. The van der Waals surface area contributed by atoms with Crippen molar-refractivity contribution in [2.75, 3.05) is 5.75 Å². The fourth-order valence-corrected chi connectivity index (χ4v) is 3.53. The van der Waals surface area contributed by atoms with E-state index in [4.69, 9.17) is 4.74 Å². The van der Waals surface area contributed by atoms with E-state index in [9.17, 15) is 0 Å². The molecule has 2 aromatic carbocycles. The summed E-state index contributed by atoms with van der Waals surface area (Å²) in [5.41, 5.74) is 3.97. The second-order valence-electron chi connectivity index (χ2n) is 5.14. The van der Waals surface area contributed by atoms with Crippen LogP contribution in [-0.4, -0.2) is 11.9 Å². The first-order chi connectivity index (χ1) is 9.22. The maximum Gasteiger partial charge on any atom is 0.126 e. The van der Waals surface area contributed by atoms with Crippen molar-refractivity contribution in [1.29, 1.82) is 0 Å². The summed E-state index contributed by atoms with van der Waals surface area (Å²) in [5, 5.41) is 0. The van der Waals surface area contributed by atoms with Gasteiger partial charge < -0.3 is 4.74 Å². The van der Waals surface area contributed by atoms with Gasteiger partial charge in [0.1, 0.15) is 11.9 Å². The summed E-state index contributed by atoms with van der Waals surface area (Å²) in [6, 6.07) is 15.0. The highest BCUT2D eigenvalue weighted by molar-refractivity contribution is 7.99. The molecule has 0 radical (unpaired) electrons. The second kappa shape index (κ2) is 5.30. The molecule has 0 bridgehead atoms. The first kappa shape index (κ1) is 12.6. The first-order valence-electron chi connectivity index (χ1n) is 6.67. The van der Waals surface area contributed by atoms with E-state index in [1.54, 1.807) is 0 Å². The molecule has 0 spiro atoms. The minimum absolute atomic E-state index is 0.306. The Kier molecular flexibility index (Phi) is 3.52. The fourth-order valence-electron chi connectivity index (χ4n) is 2.62. The lowest BCUT2D eigenvalue weighted by Gasteiger charge is -2.11. The molecule has 1 nitrogen and oxygen atoms in total. The van der Waals surface area contributed by atoms with Crippen LogP contribution in [0.2, 0.25) is 0 Å². The molecule has 3 rings (SSSR count). The monoisotopic (exact) mass is 270 g/mol. The summed E-state index contributed by atoms with van der Waals surface area (Å²) >= 11 is 1.87. The van der Waals surface area contributed by atoms with Crippen molar-refractivity contribution in [3.63, 3.8) is 0 Å². The maximum absolute atomic E-state index is 6.09. The molecule has 1 aliphatic rings. The van der Waals surface area contributed by atoms with Crippen LogP contribution in [0.25, 0.3) is 0 Å². The zero-order valence-electron chi connectivity index (χ0n) is 11.3. The number of hydrogen-bond acceptors (Lipinski definition) is 2. The van der Waals surface area contributed by atoms with E-state index >= 15 is 0 Å². The molecule has 0 amide bonds. The SMILES string of the molecule is Cc1cc(C)c2c(c1)CC(CSc1ccccc1)O2. The van der Waals surface area contributed by atoms with Gasteiger partial charge in [0.25, 0.3) is 0 Å². The lowest BCUT2D eigenvalue weighted by molar-refractivity contribution is 0.258. The lowest BCUT2D eigenvalue weighted by atomic mass is 10.0. The van der Waals surface area contributed by atoms with Crippen molar-refractivity contribution in [3.05, 3.63) is 59.2 Å². The molecular weight excluding hydrogens is 252 g/mol. The van der Waals surface area contributed by atoms with Gasteiger partial charge >= 0.3 is 0 Å². The molecule has 1 atom stereocenters. The van der Waals surface area contributed by atoms with Gasteiger partial charge in [-0.05, 0) is 37.1 Å². The third-order valence-corrected chi connectivity index (χ3v) is 4.55. The summed E-state index contributed by atoms with van der Waals surface area (Å²) in [6.07, 6.45) is 1.35. The number of benzene rings is 2. The van der Waals surface area contributed by atoms with Crippen LogP contribution in [0.4, 0.5) is 0 Å². The lowest BCUT2D eigenvalue weighted by Crippen LogP contribution is -2.15. The van der Waals surface area contributed by atoms with Gasteiger partial charge in [0.2, 0.25) is 0 Å². The van der Waals surface area contributed by atoms with Crippen LogP contribution in [0.1, 0.15) is 16.7 Å². The van der Waals surface area contributed by atoms with E-state index in [1.165, 1.54) is 21.6 Å². The number of rotatable bonds is 3. The quantitative estimate of drug-likeness (QED) is 0.765. The normalized spacial score (nSPS) is 17.1. The molecule has 98 valence electrons. The Hall–Kier alpha value is -1.41. The van der Waals surface area contributed by atoms with Gasteiger partial charge in [-0.1, -0.05) is 35.9 Å². The Bertz CT molecular complexity index is 577. The molecule has 0 saturated heterocycles. The summed E-state index contributed by atoms with van der Waals surface area (Å²) in [6.45, 7) is 4.29. The molecule has 0 fully saturated rings. The average molecular weight is 270 g/mol. The van der Waals surface area contributed by atoms with E-state index in [1.807, 2.05) is 11.8 Å². The van der Waals surface area contributed by atoms with E-state index in [-0.39, 0.29) is 0 Å². The van der Waals surface area contributed by atoms with Crippen LogP contribution in [0.5, 0.6) is 5.75 Å². The summed E-state index contributed by atoms with van der Waals surface area (Å²) in [5.74, 6) is 2.13. The highest BCUT2D eigenvalue weighted by Gasteiger charge is 2.24.